The predicted molar refractivity (Wildman–Crippen MR) is 79.3 cm³/mol. The summed E-state index contributed by atoms with van der Waals surface area (Å²) in [6.45, 7) is 10.4. The molecule has 0 radical (unpaired) electrons. The number of aliphatic hydroxyl groups is 1. The molecule has 124 valence electrons. The number of rotatable bonds is 6. The molecule has 0 aromatic rings. The number of hydrogen-bond acceptors (Lipinski definition) is 4. The normalized spacial score (nSPS) is 14.5. The molecular formula is C14H28N2O5. The highest BCUT2D eigenvalue weighted by Crippen LogP contribution is 2.11. The van der Waals surface area contributed by atoms with Gasteiger partial charge < -0.3 is 25.2 Å². The molecular weight excluding hydrogens is 276 g/mol. The standard InChI is InChI=1S/C14H28N2O5/c1-9(2)16(13(19)20)7-11(8-17)10(3)15-12(18)21-14(4,5)6/h9-11,17H,7-8H2,1-6H3,(H,15,18)(H,19,20)/t10-,11?/m1/s1. The van der Waals surface area contributed by atoms with E-state index >= 15 is 0 Å². The maximum Gasteiger partial charge on any atom is 0.407 e. The fourth-order valence-electron chi connectivity index (χ4n) is 1.75. The van der Waals surface area contributed by atoms with Crippen LogP contribution in [0.1, 0.15) is 41.5 Å². The summed E-state index contributed by atoms with van der Waals surface area (Å²) in [6, 6.07) is -0.615. The van der Waals surface area contributed by atoms with Crippen LogP contribution in [0.3, 0.4) is 0 Å². The van der Waals surface area contributed by atoms with Crippen molar-refractivity contribution < 1.29 is 24.5 Å². The average Bonchev–Trinajstić information content (AvgIpc) is 2.25. The molecule has 0 aromatic heterocycles. The summed E-state index contributed by atoms with van der Waals surface area (Å²) in [4.78, 5) is 24.1. The van der Waals surface area contributed by atoms with Crippen molar-refractivity contribution in [3.8, 4) is 0 Å². The number of nitrogens with one attached hydrogen (secondary N) is 1. The highest BCUT2D eigenvalue weighted by atomic mass is 16.6. The van der Waals surface area contributed by atoms with Gasteiger partial charge in [-0.05, 0) is 41.5 Å². The van der Waals surface area contributed by atoms with Gasteiger partial charge >= 0.3 is 12.2 Å². The molecule has 7 nitrogen and oxygen atoms in total. The largest absolute Gasteiger partial charge is 0.465 e. The number of aliphatic hydroxyl groups excluding tert-OH is 1. The van der Waals surface area contributed by atoms with E-state index in [4.69, 9.17) is 9.84 Å². The highest BCUT2D eigenvalue weighted by molar-refractivity contribution is 5.68. The lowest BCUT2D eigenvalue weighted by Crippen LogP contribution is -2.48. The van der Waals surface area contributed by atoms with Crippen molar-refractivity contribution in [2.75, 3.05) is 13.2 Å². The van der Waals surface area contributed by atoms with Gasteiger partial charge in [-0.15, -0.1) is 0 Å². The van der Waals surface area contributed by atoms with Crippen LogP contribution in [-0.2, 0) is 4.74 Å². The Hall–Kier alpha value is -1.50. The van der Waals surface area contributed by atoms with Gasteiger partial charge in [0.15, 0.2) is 0 Å². The molecule has 3 N–H and O–H groups in total. The monoisotopic (exact) mass is 304 g/mol. The Balaban J connectivity index is 4.65. The van der Waals surface area contributed by atoms with Gasteiger partial charge in [-0.3, -0.25) is 0 Å². The molecule has 0 rings (SSSR count). The van der Waals surface area contributed by atoms with Crippen LogP contribution in [0, 0.1) is 5.92 Å². The van der Waals surface area contributed by atoms with Gasteiger partial charge in [0.2, 0.25) is 0 Å². The van der Waals surface area contributed by atoms with E-state index < -0.39 is 29.7 Å². The third-order valence-electron chi connectivity index (χ3n) is 2.99. The maximum atomic E-state index is 11.7. The van der Waals surface area contributed by atoms with Crippen LogP contribution < -0.4 is 5.32 Å². The molecule has 0 bridgehead atoms. The van der Waals surface area contributed by atoms with Gasteiger partial charge in [0, 0.05) is 31.2 Å². The second-order valence-electron chi connectivity index (χ2n) is 6.41. The molecule has 0 saturated carbocycles. The first-order valence-electron chi connectivity index (χ1n) is 7.07. The van der Waals surface area contributed by atoms with Crippen molar-refractivity contribution in [2.24, 2.45) is 5.92 Å². The second kappa shape index (κ2) is 8.07. The van der Waals surface area contributed by atoms with Crippen LogP contribution in [0.15, 0.2) is 0 Å². The zero-order valence-electron chi connectivity index (χ0n) is 13.7. The summed E-state index contributed by atoms with van der Waals surface area (Å²) in [5.41, 5.74) is -0.608. The molecule has 21 heavy (non-hydrogen) atoms. The summed E-state index contributed by atoms with van der Waals surface area (Å²) in [6.07, 6.45) is -1.63. The Morgan fingerprint density at radius 2 is 1.76 bits per heavy atom. The molecule has 1 unspecified atom stereocenters. The Bertz CT molecular complexity index is 352. The van der Waals surface area contributed by atoms with E-state index in [9.17, 15) is 14.7 Å². The first-order valence-corrected chi connectivity index (χ1v) is 7.07. The van der Waals surface area contributed by atoms with Crippen LogP contribution in [0.25, 0.3) is 0 Å². The lowest BCUT2D eigenvalue weighted by atomic mass is 10.0. The molecule has 0 aliphatic carbocycles. The first kappa shape index (κ1) is 19.5. The predicted octanol–water partition coefficient (Wildman–Crippen LogP) is 1.90. The number of nitrogens with zero attached hydrogens (tertiary/aromatic N) is 1. The summed E-state index contributed by atoms with van der Waals surface area (Å²) in [5, 5.41) is 21.2. The molecule has 0 saturated heterocycles. The molecule has 7 heteroatoms. The number of amides is 2. The Kier molecular flexibility index (Phi) is 7.49. The number of ether oxygens (including phenoxy) is 1. The molecule has 0 fully saturated rings. The minimum atomic E-state index is -1.05. The molecule has 2 atom stereocenters. The van der Waals surface area contributed by atoms with Crippen LogP contribution in [0.2, 0.25) is 0 Å². The quantitative estimate of drug-likeness (QED) is 0.696. The number of carbonyl (C=O) groups is 2. The zero-order valence-corrected chi connectivity index (χ0v) is 13.7. The van der Waals surface area contributed by atoms with E-state index in [1.807, 2.05) is 0 Å². The van der Waals surface area contributed by atoms with E-state index in [0.29, 0.717) is 0 Å². The summed E-state index contributed by atoms with van der Waals surface area (Å²) in [7, 11) is 0. The molecule has 0 spiro atoms. The van der Waals surface area contributed by atoms with Crippen molar-refractivity contribution in [2.45, 2.75) is 59.2 Å². The maximum absolute atomic E-state index is 11.7. The van der Waals surface area contributed by atoms with Crippen LogP contribution >= 0.6 is 0 Å². The van der Waals surface area contributed by atoms with Crippen molar-refractivity contribution in [1.82, 2.24) is 10.2 Å². The van der Waals surface area contributed by atoms with E-state index in [1.165, 1.54) is 4.90 Å². The second-order valence-corrected chi connectivity index (χ2v) is 6.41. The van der Waals surface area contributed by atoms with Crippen LogP contribution in [-0.4, -0.2) is 58.1 Å². The number of alkyl carbamates (subject to hydrolysis) is 1. The molecule has 0 aromatic carbocycles. The van der Waals surface area contributed by atoms with E-state index in [-0.39, 0.29) is 19.2 Å². The first-order chi connectivity index (χ1) is 9.47. The van der Waals surface area contributed by atoms with Crippen molar-refractivity contribution >= 4 is 12.2 Å². The topological polar surface area (TPSA) is 99.1 Å². The lowest BCUT2D eigenvalue weighted by molar-refractivity contribution is 0.0460. The Labute approximate surface area is 126 Å². The molecule has 0 heterocycles. The van der Waals surface area contributed by atoms with Gasteiger partial charge in [0.05, 0.1) is 0 Å². The van der Waals surface area contributed by atoms with Crippen molar-refractivity contribution in [3.05, 3.63) is 0 Å². The van der Waals surface area contributed by atoms with Crippen LogP contribution in [0.5, 0.6) is 0 Å². The van der Waals surface area contributed by atoms with E-state index in [0.717, 1.165) is 0 Å². The third kappa shape index (κ3) is 7.75. The fourth-order valence-corrected chi connectivity index (χ4v) is 1.75. The van der Waals surface area contributed by atoms with E-state index in [2.05, 4.69) is 5.32 Å². The van der Waals surface area contributed by atoms with Crippen molar-refractivity contribution in [1.29, 1.82) is 0 Å². The Morgan fingerprint density at radius 3 is 2.10 bits per heavy atom. The number of carboxylic acid groups (broad SMARTS) is 1. The van der Waals surface area contributed by atoms with Crippen LogP contribution in [0.4, 0.5) is 9.59 Å². The third-order valence-corrected chi connectivity index (χ3v) is 2.99. The van der Waals surface area contributed by atoms with Gasteiger partial charge in [-0.1, -0.05) is 0 Å². The number of hydrogen-bond donors (Lipinski definition) is 3. The summed E-state index contributed by atoms with van der Waals surface area (Å²) in [5.74, 6) is -0.406. The van der Waals surface area contributed by atoms with Crippen molar-refractivity contribution in [3.63, 3.8) is 0 Å². The van der Waals surface area contributed by atoms with Gasteiger partial charge in [-0.25, -0.2) is 9.59 Å². The SMILES string of the molecule is CC(C)N(CC(CO)[C@@H](C)NC(=O)OC(C)(C)C)C(=O)O. The molecule has 0 aliphatic rings. The summed E-state index contributed by atoms with van der Waals surface area (Å²) < 4.78 is 5.14. The van der Waals surface area contributed by atoms with Gasteiger partial charge in [0.25, 0.3) is 0 Å². The summed E-state index contributed by atoms with van der Waals surface area (Å²) >= 11 is 0. The zero-order chi connectivity index (χ0) is 16.8. The number of carbonyl (C=O) groups excluding carboxylic acids is 1. The van der Waals surface area contributed by atoms with Gasteiger partial charge in [0.1, 0.15) is 5.60 Å². The molecule has 2 amide bonds. The minimum absolute atomic E-state index is 0.139. The smallest absolute Gasteiger partial charge is 0.407 e. The average molecular weight is 304 g/mol. The Morgan fingerprint density at radius 1 is 1.24 bits per heavy atom. The highest BCUT2D eigenvalue weighted by Gasteiger charge is 2.26. The van der Waals surface area contributed by atoms with E-state index in [1.54, 1.807) is 41.5 Å². The fraction of sp³-hybridized carbons (Fsp3) is 0.857. The lowest BCUT2D eigenvalue weighted by Gasteiger charge is -2.31. The van der Waals surface area contributed by atoms with Gasteiger partial charge in [-0.2, -0.15) is 0 Å². The molecule has 0 aliphatic heterocycles. The minimum Gasteiger partial charge on any atom is -0.465 e.